The molecule has 118 valence electrons. The molecule has 1 fully saturated rings. The van der Waals surface area contributed by atoms with Crippen molar-refractivity contribution in [2.75, 3.05) is 39.5 Å². The third kappa shape index (κ3) is 4.57. The van der Waals surface area contributed by atoms with Gasteiger partial charge in [-0.15, -0.1) is 0 Å². The van der Waals surface area contributed by atoms with Crippen molar-refractivity contribution in [1.29, 1.82) is 0 Å². The summed E-state index contributed by atoms with van der Waals surface area (Å²) in [7, 11) is 0.516. The normalized spacial score (nSPS) is 20.1. The van der Waals surface area contributed by atoms with Gasteiger partial charge in [-0.25, -0.2) is 8.42 Å². The predicted octanol–water partition coefficient (Wildman–Crippen LogP) is 1.68. The van der Waals surface area contributed by atoms with Crippen LogP contribution in [0.2, 0.25) is 5.02 Å². The summed E-state index contributed by atoms with van der Waals surface area (Å²) in [4.78, 5) is 1.87. The fourth-order valence-electron chi connectivity index (χ4n) is 2.19. The van der Waals surface area contributed by atoms with Gasteiger partial charge in [-0.1, -0.05) is 23.7 Å². The monoisotopic (exact) mass is 332 g/mol. The van der Waals surface area contributed by atoms with Gasteiger partial charge >= 0.3 is 0 Å². The van der Waals surface area contributed by atoms with Crippen LogP contribution in [-0.2, 0) is 10.0 Å². The smallest absolute Gasteiger partial charge is 0.215 e. The first-order chi connectivity index (χ1) is 9.88. The number of benzene rings is 1. The zero-order valence-corrected chi connectivity index (χ0v) is 13.9. The van der Waals surface area contributed by atoms with Crippen molar-refractivity contribution >= 4 is 21.6 Å². The number of hydrogen-bond acceptors (Lipinski definition) is 4. The summed E-state index contributed by atoms with van der Waals surface area (Å²) >= 11 is 6.05. The topological polar surface area (TPSA) is 49.9 Å². The number of rotatable bonds is 6. The lowest BCUT2D eigenvalue weighted by molar-refractivity contribution is 0.215. The lowest BCUT2D eigenvalue weighted by Gasteiger charge is -2.19. The number of sulfonamides is 1. The zero-order chi connectivity index (χ0) is 15.5. The molecule has 1 aliphatic rings. The molecule has 1 saturated heterocycles. The molecule has 1 aromatic carbocycles. The second kappa shape index (κ2) is 6.96. The van der Waals surface area contributed by atoms with Crippen LogP contribution in [0.25, 0.3) is 0 Å². The Morgan fingerprint density at radius 2 is 2.10 bits per heavy atom. The van der Waals surface area contributed by atoms with E-state index in [1.165, 1.54) is 4.31 Å². The van der Waals surface area contributed by atoms with Crippen molar-refractivity contribution in [3.63, 3.8) is 0 Å². The van der Waals surface area contributed by atoms with Gasteiger partial charge < -0.3 is 9.64 Å². The second-order valence-corrected chi connectivity index (χ2v) is 7.93. The Balaban J connectivity index is 1.93. The number of halogens is 1. The largest absolute Gasteiger partial charge is 0.487 e. The molecule has 0 aliphatic carbocycles. The fraction of sp³-hybridized carbons (Fsp3) is 0.571. The van der Waals surface area contributed by atoms with E-state index in [-0.39, 0.29) is 11.9 Å². The van der Waals surface area contributed by atoms with E-state index in [0.717, 1.165) is 0 Å². The molecule has 1 aliphatic heterocycles. The highest BCUT2D eigenvalue weighted by atomic mass is 35.5. The highest BCUT2D eigenvalue weighted by Gasteiger charge is 2.32. The molecule has 5 nitrogen and oxygen atoms in total. The maximum atomic E-state index is 12.2. The van der Waals surface area contributed by atoms with E-state index < -0.39 is 10.0 Å². The first-order valence-electron chi connectivity index (χ1n) is 6.92. The molecule has 0 N–H and O–H groups in total. The van der Waals surface area contributed by atoms with Gasteiger partial charge in [0.25, 0.3) is 0 Å². The van der Waals surface area contributed by atoms with Gasteiger partial charge in [-0.05, 0) is 32.6 Å². The van der Waals surface area contributed by atoms with E-state index in [1.54, 1.807) is 12.1 Å². The number of hydrogen-bond donors (Lipinski definition) is 0. The van der Waals surface area contributed by atoms with Crippen LogP contribution >= 0.6 is 11.6 Å². The maximum Gasteiger partial charge on any atom is 0.215 e. The molecule has 0 unspecified atom stereocenters. The Morgan fingerprint density at radius 1 is 1.38 bits per heavy atom. The Kier molecular flexibility index (Phi) is 5.48. The molecule has 1 atom stereocenters. The summed E-state index contributed by atoms with van der Waals surface area (Å²) < 4.78 is 31.8. The van der Waals surface area contributed by atoms with E-state index in [0.29, 0.717) is 36.8 Å². The van der Waals surface area contributed by atoms with Gasteiger partial charge in [0.2, 0.25) is 10.0 Å². The van der Waals surface area contributed by atoms with E-state index in [1.807, 2.05) is 31.1 Å². The van der Waals surface area contributed by atoms with Gasteiger partial charge in [0.15, 0.2) is 0 Å². The third-order valence-electron chi connectivity index (χ3n) is 3.43. The van der Waals surface area contributed by atoms with Crippen molar-refractivity contribution in [3.05, 3.63) is 29.3 Å². The summed E-state index contributed by atoms with van der Waals surface area (Å²) in [5.74, 6) is 0.746. The summed E-state index contributed by atoms with van der Waals surface area (Å²) in [6.07, 6.45) is 0.547. The summed E-state index contributed by atoms with van der Waals surface area (Å²) in [6, 6.07) is 7.24. The molecule has 1 aromatic rings. The molecule has 2 rings (SSSR count). The fourth-order valence-corrected chi connectivity index (χ4v) is 4.00. The van der Waals surface area contributed by atoms with Crippen molar-refractivity contribution in [2.45, 2.75) is 12.5 Å². The van der Waals surface area contributed by atoms with E-state index in [9.17, 15) is 8.42 Å². The predicted molar refractivity (Wildman–Crippen MR) is 84.4 cm³/mol. The standard InChI is InChI=1S/C14H21ClN2O3S/c1-16(2)9-10-21(18,19)17-8-7-12(11-17)20-14-6-4-3-5-13(14)15/h3-6,12H,7-11H2,1-2H3/t12-/m1/s1. The van der Waals surface area contributed by atoms with Gasteiger partial charge in [-0.3, -0.25) is 0 Å². The van der Waals surface area contributed by atoms with Crippen LogP contribution in [0.15, 0.2) is 24.3 Å². The molecule has 0 radical (unpaired) electrons. The third-order valence-corrected chi connectivity index (χ3v) is 5.56. The quantitative estimate of drug-likeness (QED) is 0.795. The average Bonchev–Trinajstić information content (AvgIpc) is 2.89. The molecule has 1 heterocycles. The molecule has 0 amide bonds. The molecule has 0 aromatic heterocycles. The van der Waals surface area contributed by atoms with E-state index >= 15 is 0 Å². The van der Waals surface area contributed by atoms with Crippen LogP contribution in [0.1, 0.15) is 6.42 Å². The van der Waals surface area contributed by atoms with Gasteiger partial charge in [-0.2, -0.15) is 4.31 Å². The first kappa shape index (κ1) is 16.5. The minimum absolute atomic E-state index is 0.138. The molecular formula is C14H21ClN2O3S. The molecule has 0 spiro atoms. The van der Waals surface area contributed by atoms with E-state index in [4.69, 9.17) is 16.3 Å². The lowest BCUT2D eigenvalue weighted by atomic mass is 10.3. The molecule has 0 saturated carbocycles. The Hall–Kier alpha value is -0.820. The van der Waals surface area contributed by atoms with Crippen LogP contribution < -0.4 is 4.74 Å². The van der Waals surface area contributed by atoms with Crippen LogP contribution in [0.4, 0.5) is 0 Å². The lowest BCUT2D eigenvalue weighted by Crippen LogP contribution is -2.35. The van der Waals surface area contributed by atoms with Crippen molar-refractivity contribution in [2.24, 2.45) is 0 Å². The molecule has 0 bridgehead atoms. The van der Waals surface area contributed by atoms with Crippen LogP contribution in [0.5, 0.6) is 5.75 Å². The van der Waals surface area contributed by atoms with Gasteiger partial charge in [0, 0.05) is 13.1 Å². The second-order valence-electron chi connectivity index (χ2n) is 5.44. The summed E-state index contributed by atoms with van der Waals surface area (Å²) in [5, 5.41) is 0.548. The Morgan fingerprint density at radius 3 is 2.76 bits per heavy atom. The average molecular weight is 333 g/mol. The Bertz CT molecular complexity index is 577. The first-order valence-corrected chi connectivity index (χ1v) is 8.91. The van der Waals surface area contributed by atoms with Crippen LogP contribution in [-0.4, -0.2) is 63.2 Å². The van der Waals surface area contributed by atoms with Crippen molar-refractivity contribution in [1.82, 2.24) is 9.21 Å². The van der Waals surface area contributed by atoms with Gasteiger partial charge in [0.1, 0.15) is 11.9 Å². The number of ether oxygens (including phenoxy) is 1. The highest BCUT2D eigenvalue weighted by molar-refractivity contribution is 7.89. The van der Waals surface area contributed by atoms with Crippen LogP contribution in [0.3, 0.4) is 0 Å². The summed E-state index contributed by atoms with van der Waals surface area (Å²) in [5.41, 5.74) is 0. The molecule has 21 heavy (non-hydrogen) atoms. The highest BCUT2D eigenvalue weighted by Crippen LogP contribution is 2.27. The minimum atomic E-state index is -3.21. The minimum Gasteiger partial charge on any atom is -0.487 e. The van der Waals surface area contributed by atoms with Crippen molar-refractivity contribution in [3.8, 4) is 5.75 Å². The Labute approximate surface area is 131 Å². The number of nitrogens with zero attached hydrogens (tertiary/aromatic N) is 2. The zero-order valence-electron chi connectivity index (χ0n) is 12.3. The molecule has 7 heteroatoms. The van der Waals surface area contributed by atoms with Gasteiger partial charge in [0.05, 0.1) is 17.3 Å². The van der Waals surface area contributed by atoms with Crippen LogP contribution in [0, 0.1) is 0 Å². The maximum absolute atomic E-state index is 12.2. The SMILES string of the molecule is CN(C)CCS(=O)(=O)N1CC[C@@H](Oc2ccccc2Cl)C1. The van der Waals surface area contributed by atoms with Crippen molar-refractivity contribution < 1.29 is 13.2 Å². The van der Waals surface area contributed by atoms with E-state index in [2.05, 4.69) is 0 Å². The summed E-state index contributed by atoms with van der Waals surface area (Å²) in [6.45, 7) is 1.42. The molecular weight excluding hydrogens is 312 g/mol. The number of para-hydroxylation sites is 1.